The summed E-state index contributed by atoms with van der Waals surface area (Å²) in [5.74, 6) is 0.222. The molecule has 114 valence electrons. The van der Waals surface area contributed by atoms with Crippen molar-refractivity contribution in [2.24, 2.45) is 0 Å². The number of rotatable bonds is 6. The second kappa shape index (κ2) is 6.92. The van der Waals surface area contributed by atoms with E-state index < -0.39 is 10.0 Å². The molecule has 2 aromatic rings. The highest BCUT2D eigenvalue weighted by molar-refractivity contribution is 7.89. The Morgan fingerprint density at radius 2 is 1.90 bits per heavy atom. The molecule has 1 aromatic carbocycles. The van der Waals surface area contributed by atoms with Gasteiger partial charge in [-0.1, -0.05) is 30.3 Å². The quantitative estimate of drug-likeness (QED) is 0.751. The topological polar surface area (TPSA) is 37.4 Å². The number of halogens is 1. The van der Waals surface area contributed by atoms with E-state index in [0.717, 1.165) is 11.1 Å². The summed E-state index contributed by atoms with van der Waals surface area (Å²) in [6, 6.07) is 9.86. The first kappa shape index (κ1) is 16.5. The maximum Gasteiger partial charge on any atom is 0.244 e. The summed E-state index contributed by atoms with van der Waals surface area (Å²) in [6.07, 6.45) is 0.690. The van der Waals surface area contributed by atoms with E-state index in [0.29, 0.717) is 22.7 Å². The molecule has 0 aliphatic carbocycles. The van der Waals surface area contributed by atoms with Crippen LogP contribution in [0.3, 0.4) is 0 Å². The molecule has 0 saturated carbocycles. The molecular formula is C15H18ClNO2S2. The maximum atomic E-state index is 12.7. The molecule has 0 fully saturated rings. The number of benzene rings is 1. The molecule has 1 heterocycles. The third-order valence-corrected chi connectivity index (χ3v) is 7.08. The lowest BCUT2D eigenvalue weighted by molar-refractivity contribution is 0.472. The molecule has 2 rings (SSSR count). The van der Waals surface area contributed by atoms with Gasteiger partial charge in [0.2, 0.25) is 10.0 Å². The number of hydrogen-bond donors (Lipinski definition) is 0. The van der Waals surface area contributed by atoms with Gasteiger partial charge in [0.25, 0.3) is 0 Å². The first-order valence-electron chi connectivity index (χ1n) is 6.60. The van der Waals surface area contributed by atoms with Crippen molar-refractivity contribution in [2.75, 3.05) is 13.6 Å². The number of nitrogens with zero attached hydrogens (tertiary/aromatic N) is 1. The molecule has 0 radical (unpaired) electrons. The smallest absolute Gasteiger partial charge is 0.207 e. The third-order valence-electron chi connectivity index (χ3n) is 3.34. The van der Waals surface area contributed by atoms with Crippen LogP contribution in [-0.2, 0) is 22.3 Å². The number of thiophene rings is 1. The van der Waals surface area contributed by atoms with Gasteiger partial charge >= 0.3 is 0 Å². The second-order valence-electron chi connectivity index (χ2n) is 4.87. The average Bonchev–Trinajstić information content (AvgIpc) is 2.87. The lowest BCUT2D eigenvalue weighted by Gasteiger charge is -2.18. The normalized spacial score (nSPS) is 12.0. The van der Waals surface area contributed by atoms with Crippen LogP contribution in [0.5, 0.6) is 0 Å². The van der Waals surface area contributed by atoms with E-state index >= 15 is 0 Å². The molecule has 0 saturated heterocycles. The zero-order valence-electron chi connectivity index (χ0n) is 12.0. The highest BCUT2D eigenvalue weighted by atomic mass is 35.5. The fraction of sp³-hybridized carbons (Fsp3) is 0.333. The van der Waals surface area contributed by atoms with Crippen molar-refractivity contribution in [3.05, 3.63) is 51.7 Å². The highest BCUT2D eigenvalue weighted by Gasteiger charge is 2.26. The zero-order chi connectivity index (χ0) is 15.5. The Morgan fingerprint density at radius 1 is 1.24 bits per heavy atom. The fourth-order valence-corrected chi connectivity index (χ4v) is 5.31. The van der Waals surface area contributed by atoms with Crippen molar-refractivity contribution in [3.63, 3.8) is 0 Å². The number of sulfonamides is 1. The average molecular weight is 344 g/mol. The van der Waals surface area contributed by atoms with Crippen LogP contribution in [-0.4, -0.2) is 26.3 Å². The van der Waals surface area contributed by atoms with Gasteiger partial charge in [0.05, 0.1) is 5.88 Å². The van der Waals surface area contributed by atoms with Crippen LogP contribution in [0.15, 0.2) is 40.6 Å². The minimum Gasteiger partial charge on any atom is -0.207 e. The largest absolute Gasteiger partial charge is 0.244 e. The van der Waals surface area contributed by atoms with Gasteiger partial charge in [-0.25, -0.2) is 12.7 Å². The fourth-order valence-electron chi connectivity index (χ4n) is 2.13. The first-order valence-corrected chi connectivity index (χ1v) is 9.45. The van der Waals surface area contributed by atoms with Crippen LogP contribution in [0.2, 0.25) is 0 Å². The minimum atomic E-state index is -3.48. The van der Waals surface area contributed by atoms with E-state index in [-0.39, 0.29) is 5.88 Å². The van der Waals surface area contributed by atoms with Crippen molar-refractivity contribution in [2.45, 2.75) is 24.1 Å². The molecule has 6 heteroatoms. The molecule has 0 spiro atoms. The zero-order valence-corrected chi connectivity index (χ0v) is 14.4. The molecule has 0 bridgehead atoms. The maximum absolute atomic E-state index is 12.7. The van der Waals surface area contributed by atoms with Crippen molar-refractivity contribution in [1.29, 1.82) is 0 Å². The number of aryl methyl sites for hydroxylation is 1. The molecular weight excluding hydrogens is 326 g/mol. The Hall–Kier alpha value is -0.880. The Labute approximate surface area is 135 Å². The van der Waals surface area contributed by atoms with E-state index in [1.165, 1.54) is 15.6 Å². The molecule has 0 amide bonds. The number of likely N-dealkylation sites (N-methyl/N-ethyl adjacent to an activating group) is 1. The van der Waals surface area contributed by atoms with Crippen molar-refractivity contribution < 1.29 is 8.42 Å². The Morgan fingerprint density at radius 3 is 2.52 bits per heavy atom. The standard InChI is InChI=1S/C15H18ClNO2S2/c1-12-11-20-14(10-16)15(12)21(18,19)17(2)9-8-13-6-4-3-5-7-13/h3-7,11H,8-10H2,1-2H3. The molecule has 0 unspecified atom stereocenters. The Kier molecular flexibility index (Phi) is 5.43. The van der Waals surface area contributed by atoms with Crippen LogP contribution in [0.25, 0.3) is 0 Å². The summed E-state index contributed by atoms with van der Waals surface area (Å²) < 4.78 is 26.8. The summed E-state index contributed by atoms with van der Waals surface area (Å²) in [5.41, 5.74) is 1.89. The van der Waals surface area contributed by atoms with E-state index in [1.54, 1.807) is 7.05 Å². The van der Waals surface area contributed by atoms with E-state index in [9.17, 15) is 8.42 Å². The predicted octanol–water partition coefficient (Wildman–Crippen LogP) is 3.66. The molecule has 3 nitrogen and oxygen atoms in total. The van der Waals surface area contributed by atoms with Crippen LogP contribution in [0.1, 0.15) is 16.0 Å². The van der Waals surface area contributed by atoms with Crippen LogP contribution < -0.4 is 0 Å². The van der Waals surface area contributed by atoms with Gasteiger partial charge in [-0.3, -0.25) is 0 Å². The summed E-state index contributed by atoms with van der Waals surface area (Å²) in [5, 5.41) is 1.84. The predicted molar refractivity (Wildman–Crippen MR) is 88.6 cm³/mol. The highest BCUT2D eigenvalue weighted by Crippen LogP contribution is 2.30. The van der Waals surface area contributed by atoms with Crippen molar-refractivity contribution in [1.82, 2.24) is 4.31 Å². The van der Waals surface area contributed by atoms with E-state index in [2.05, 4.69) is 0 Å². The summed E-state index contributed by atoms with van der Waals surface area (Å²) >= 11 is 7.25. The van der Waals surface area contributed by atoms with Crippen LogP contribution in [0.4, 0.5) is 0 Å². The SMILES string of the molecule is Cc1csc(CCl)c1S(=O)(=O)N(C)CCc1ccccc1. The Balaban J connectivity index is 2.17. The van der Waals surface area contributed by atoms with Gasteiger partial charge in [0, 0.05) is 18.5 Å². The third kappa shape index (κ3) is 3.66. The van der Waals surface area contributed by atoms with Gasteiger partial charge in [-0.05, 0) is 29.9 Å². The van der Waals surface area contributed by atoms with Gasteiger partial charge in [0.1, 0.15) is 4.90 Å². The van der Waals surface area contributed by atoms with Crippen molar-refractivity contribution >= 4 is 33.0 Å². The second-order valence-corrected chi connectivity index (χ2v) is 8.08. The molecule has 1 aromatic heterocycles. The molecule has 0 atom stereocenters. The molecule has 0 aliphatic heterocycles. The minimum absolute atomic E-state index is 0.222. The lowest BCUT2D eigenvalue weighted by Crippen LogP contribution is -2.29. The first-order chi connectivity index (χ1) is 9.96. The van der Waals surface area contributed by atoms with Gasteiger partial charge in [-0.2, -0.15) is 0 Å². The Bertz CT molecular complexity index is 696. The van der Waals surface area contributed by atoms with Crippen LogP contribution in [0, 0.1) is 6.92 Å². The van der Waals surface area contributed by atoms with Gasteiger partial charge < -0.3 is 0 Å². The number of alkyl halides is 1. The van der Waals surface area contributed by atoms with E-state index in [1.807, 2.05) is 42.6 Å². The summed E-state index contributed by atoms with van der Waals surface area (Å²) in [4.78, 5) is 1.08. The monoisotopic (exact) mass is 343 g/mol. The van der Waals surface area contributed by atoms with E-state index in [4.69, 9.17) is 11.6 Å². The van der Waals surface area contributed by atoms with Crippen LogP contribution >= 0.6 is 22.9 Å². The summed E-state index contributed by atoms with van der Waals surface area (Å²) in [7, 11) is -1.86. The lowest BCUT2D eigenvalue weighted by atomic mass is 10.2. The molecule has 21 heavy (non-hydrogen) atoms. The molecule has 0 aliphatic rings. The van der Waals surface area contributed by atoms with Gasteiger partial charge in [0.15, 0.2) is 0 Å². The number of hydrogen-bond acceptors (Lipinski definition) is 3. The van der Waals surface area contributed by atoms with Crippen molar-refractivity contribution in [3.8, 4) is 0 Å². The van der Waals surface area contributed by atoms with Gasteiger partial charge in [-0.15, -0.1) is 22.9 Å². The summed E-state index contributed by atoms with van der Waals surface area (Å²) in [6.45, 7) is 2.26. The molecule has 0 N–H and O–H groups in total.